The van der Waals surface area contributed by atoms with Gasteiger partial charge in [0.2, 0.25) is 5.91 Å². The molecule has 6 nitrogen and oxygen atoms in total. The Morgan fingerprint density at radius 1 is 0.964 bits per heavy atom. The van der Waals surface area contributed by atoms with E-state index in [0.717, 1.165) is 51.4 Å². The second kappa shape index (κ2) is 17.1. The van der Waals surface area contributed by atoms with Crippen LogP contribution in [0, 0.1) is 11.8 Å². The van der Waals surface area contributed by atoms with Crippen molar-refractivity contribution in [3.05, 3.63) is 0 Å². The van der Waals surface area contributed by atoms with Gasteiger partial charge < -0.3 is 14.4 Å². The largest absolute Gasteiger partial charge is 0.466 e. The van der Waals surface area contributed by atoms with Crippen LogP contribution in [0.2, 0.25) is 0 Å². The van der Waals surface area contributed by atoms with Crippen molar-refractivity contribution in [1.29, 1.82) is 0 Å². The zero-order valence-corrected chi connectivity index (χ0v) is 18.1. The first-order chi connectivity index (χ1) is 13.4. The Labute approximate surface area is 170 Å². The van der Waals surface area contributed by atoms with E-state index in [2.05, 4.69) is 18.8 Å². The van der Waals surface area contributed by atoms with Gasteiger partial charge in [0.05, 0.1) is 13.2 Å². The molecule has 0 spiro atoms. The zero-order chi connectivity index (χ0) is 21.2. The number of ether oxygens (including phenoxy) is 2. The molecule has 0 aromatic rings. The minimum absolute atomic E-state index is 0.0177. The van der Waals surface area contributed by atoms with Crippen LogP contribution in [0.25, 0.3) is 0 Å². The summed E-state index contributed by atoms with van der Waals surface area (Å²) in [5.74, 6) is 5.49. The molecule has 1 atom stereocenters. The smallest absolute Gasteiger partial charge is 0.305 e. The summed E-state index contributed by atoms with van der Waals surface area (Å²) >= 11 is 0. The van der Waals surface area contributed by atoms with E-state index in [1.807, 2.05) is 0 Å². The molecule has 0 aromatic heterocycles. The Bertz CT molecular complexity index is 521. The molecule has 28 heavy (non-hydrogen) atoms. The molecule has 0 bridgehead atoms. The van der Waals surface area contributed by atoms with E-state index in [1.165, 1.54) is 13.8 Å². The molecule has 0 N–H and O–H groups in total. The Hall–Kier alpha value is -2.03. The first-order valence-electron chi connectivity index (χ1n) is 10.5. The molecule has 0 fully saturated rings. The first kappa shape index (κ1) is 26.0. The van der Waals surface area contributed by atoms with E-state index >= 15 is 0 Å². The summed E-state index contributed by atoms with van der Waals surface area (Å²) in [6.07, 6.45) is 7.46. The third kappa shape index (κ3) is 15.1. The molecule has 0 radical (unpaired) electrons. The number of carbonyl (C=O) groups excluding carboxylic acids is 3. The van der Waals surface area contributed by atoms with Crippen molar-refractivity contribution in [2.75, 3.05) is 19.7 Å². The van der Waals surface area contributed by atoms with Crippen LogP contribution < -0.4 is 0 Å². The molecule has 6 heteroatoms. The highest BCUT2D eigenvalue weighted by Crippen LogP contribution is 2.07. The van der Waals surface area contributed by atoms with Crippen LogP contribution in [0.5, 0.6) is 0 Å². The molecule has 0 saturated carbocycles. The van der Waals surface area contributed by atoms with Gasteiger partial charge in [0.1, 0.15) is 0 Å². The van der Waals surface area contributed by atoms with Crippen molar-refractivity contribution in [2.24, 2.45) is 0 Å². The lowest BCUT2D eigenvalue weighted by molar-refractivity contribution is -0.144. The molecular formula is C22H37NO5. The standard InChI is InChI=1S/C22H37NO5/c1-5-7-10-14-21(28-20(4)25)15-13-18-23(19(3)24)17-12-9-8-11-16-22(26)27-6-2/h21H,5-12,14,16-18H2,1-4H3. The lowest BCUT2D eigenvalue weighted by Gasteiger charge is -2.18. The number of hydrogen-bond acceptors (Lipinski definition) is 5. The number of nitrogens with zero attached hydrogens (tertiary/aromatic N) is 1. The summed E-state index contributed by atoms with van der Waals surface area (Å²) in [5.41, 5.74) is 0. The van der Waals surface area contributed by atoms with Gasteiger partial charge in [0, 0.05) is 26.8 Å². The highest BCUT2D eigenvalue weighted by Gasteiger charge is 2.10. The lowest BCUT2D eigenvalue weighted by atomic mass is 10.1. The Morgan fingerprint density at radius 3 is 2.29 bits per heavy atom. The van der Waals surface area contributed by atoms with Crippen LogP contribution >= 0.6 is 0 Å². The van der Waals surface area contributed by atoms with Gasteiger partial charge >= 0.3 is 11.9 Å². The van der Waals surface area contributed by atoms with Crippen molar-refractivity contribution in [2.45, 2.75) is 91.6 Å². The average molecular weight is 396 g/mol. The van der Waals surface area contributed by atoms with Crippen LogP contribution in [0.4, 0.5) is 0 Å². The van der Waals surface area contributed by atoms with Crippen molar-refractivity contribution in [3.8, 4) is 11.8 Å². The SMILES string of the molecule is CCCCCC(C#CCN(CCCCCCC(=O)OCC)C(C)=O)OC(C)=O. The zero-order valence-electron chi connectivity index (χ0n) is 18.1. The molecule has 0 aliphatic carbocycles. The predicted octanol–water partition coefficient (Wildman–Crippen LogP) is 3.86. The molecule has 0 rings (SSSR count). The molecule has 0 aliphatic rings. The molecular weight excluding hydrogens is 358 g/mol. The fraction of sp³-hybridized carbons (Fsp3) is 0.773. The Balaban J connectivity index is 4.28. The number of carbonyl (C=O) groups is 3. The Morgan fingerprint density at radius 2 is 1.68 bits per heavy atom. The van der Waals surface area contributed by atoms with E-state index < -0.39 is 6.10 Å². The minimum atomic E-state index is -0.402. The maximum Gasteiger partial charge on any atom is 0.305 e. The van der Waals surface area contributed by atoms with Gasteiger partial charge in [0.15, 0.2) is 6.10 Å². The number of unbranched alkanes of at least 4 members (excludes halogenated alkanes) is 5. The second-order valence-corrected chi connectivity index (χ2v) is 6.82. The van der Waals surface area contributed by atoms with E-state index in [9.17, 15) is 14.4 Å². The van der Waals surface area contributed by atoms with Gasteiger partial charge in [-0.3, -0.25) is 14.4 Å². The van der Waals surface area contributed by atoms with Crippen molar-refractivity contribution in [3.63, 3.8) is 0 Å². The van der Waals surface area contributed by atoms with E-state index in [1.54, 1.807) is 11.8 Å². The molecule has 1 unspecified atom stereocenters. The van der Waals surface area contributed by atoms with E-state index in [0.29, 0.717) is 26.1 Å². The van der Waals surface area contributed by atoms with Gasteiger partial charge in [0.25, 0.3) is 0 Å². The third-order valence-electron chi connectivity index (χ3n) is 4.22. The lowest BCUT2D eigenvalue weighted by Crippen LogP contribution is -2.30. The maximum atomic E-state index is 11.8. The van der Waals surface area contributed by atoms with E-state index in [4.69, 9.17) is 9.47 Å². The van der Waals surface area contributed by atoms with Crippen LogP contribution in [0.1, 0.15) is 85.5 Å². The van der Waals surface area contributed by atoms with Crippen molar-refractivity contribution >= 4 is 17.8 Å². The summed E-state index contributed by atoms with van der Waals surface area (Å²) in [4.78, 5) is 36.0. The number of esters is 2. The topological polar surface area (TPSA) is 72.9 Å². The normalized spacial score (nSPS) is 11.1. The van der Waals surface area contributed by atoms with Gasteiger partial charge in [-0.05, 0) is 32.6 Å². The van der Waals surface area contributed by atoms with Gasteiger partial charge in [-0.2, -0.15) is 0 Å². The highest BCUT2D eigenvalue weighted by molar-refractivity contribution is 5.73. The fourth-order valence-electron chi connectivity index (χ4n) is 2.70. The third-order valence-corrected chi connectivity index (χ3v) is 4.22. The number of hydrogen-bond donors (Lipinski definition) is 0. The van der Waals surface area contributed by atoms with E-state index in [-0.39, 0.29) is 17.8 Å². The molecule has 0 saturated heterocycles. The van der Waals surface area contributed by atoms with Crippen LogP contribution in [0.15, 0.2) is 0 Å². The van der Waals surface area contributed by atoms with Crippen LogP contribution in [-0.2, 0) is 23.9 Å². The van der Waals surface area contributed by atoms with Gasteiger partial charge in [-0.1, -0.05) is 44.4 Å². The molecule has 0 aromatic carbocycles. The van der Waals surface area contributed by atoms with Crippen molar-refractivity contribution in [1.82, 2.24) is 4.90 Å². The molecule has 1 amide bonds. The average Bonchev–Trinajstić information content (AvgIpc) is 2.62. The quantitative estimate of drug-likeness (QED) is 0.254. The maximum absolute atomic E-state index is 11.8. The number of rotatable bonds is 14. The summed E-state index contributed by atoms with van der Waals surface area (Å²) in [6, 6.07) is 0. The second-order valence-electron chi connectivity index (χ2n) is 6.82. The first-order valence-corrected chi connectivity index (χ1v) is 10.5. The minimum Gasteiger partial charge on any atom is -0.466 e. The molecule has 0 aliphatic heterocycles. The Kier molecular flexibility index (Phi) is 15.9. The summed E-state index contributed by atoms with van der Waals surface area (Å²) in [6.45, 7) is 8.24. The summed E-state index contributed by atoms with van der Waals surface area (Å²) in [5, 5.41) is 0. The van der Waals surface area contributed by atoms with Gasteiger partial charge in [-0.25, -0.2) is 0 Å². The van der Waals surface area contributed by atoms with Gasteiger partial charge in [-0.15, -0.1) is 0 Å². The number of amides is 1. The summed E-state index contributed by atoms with van der Waals surface area (Å²) < 4.78 is 10.1. The highest BCUT2D eigenvalue weighted by atomic mass is 16.5. The predicted molar refractivity (Wildman–Crippen MR) is 109 cm³/mol. The monoisotopic (exact) mass is 395 g/mol. The molecule has 0 heterocycles. The van der Waals surface area contributed by atoms with Crippen molar-refractivity contribution < 1.29 is 23.9 Å². The van der Waals surface area contributed by atoms with Crippen LogP contribution in [-0.4, -0.2) is 48.5 Å². The fourth-order valence-corrected chi connectivity index (χ4v) is 2.70. The van der Waals surface area contributed by atoms with Crippen LogP contribution in [0.3, 0.4) is 0 Å². The summed E-state index contributed by atoms with van der Waals surface area (Å²) in [7, 11) is 0. The molecule has 160 valence electrons.